The maximum absolute atomic E-state index is 12.7. The third-order valence-corrected chi connectivity index (χ3v) is 4.77. The maximum Gasteiger partial charge on any atom is 0.253 e. The molecule has 0 heterocycles. The Morgan fingerprint density at radius 2 is 2.04 bits per heavy atom. The minimum Gasteiger partial charge on any atom is -0.396 e. The van der Waals surface area contributed by atoms with E-state index >= 15 is 0 Å². The lowest BCUT2D eigenvalue weighted by molar-refractivity contribution is 0.0739. The molecule has 3 nitrogen and oxygen atoms in total. The molecule has 0 bridgehead atoms. The fourth-order valence-corrected chi connectivity index (χ4v) is 3.10. The zero-order valence-corrected chi connectivity index (χ0v) is 15.3. The van der Waals surface area contributed by atoms with Crippen LogP contribution in [0.3, 0.4) is 0 Å². The van der Waals surface area contributed by atoms with Crippen molar-refractivity contribution in [2.24, 2.45) is 5.92 Å². The smallest absolute Gasteiger partial charge is 0.253 e. The molecule has 24 heavy (non-hydrogen) atoms. The fourth-order valence-electron chi connectivity index (χ4n) is 2.82. The summed E-state index contributed by atoms with van der Waals surface area (Å²) in [6.45, 7) is 3.20. The molecule has 2 rings (SSSR count). The van der Waals surface area contributed by atoms with Crippen LogP contribution < -0.4 is 0 Å². The van der Waals surface area contributed by atoms with Crippen molar-refractivity contribution in [1.82, 2.24) is 4.90 Å². The van der Waals surface area contributed by atoms with Gasteiger partial charge < -0.3 is 10.0 Å². The summed E-state index contributed by atoms with van der Waals surface area (Å²) in [7, 11) is 0. The Morgan fingerprint density at radius 1 is 1.33 bits per heavy atom. The molecular formula is C19H23Cl2NO2. The van der Waals surface area contributed by atoms with Gasteiger partial charge in [0.15, 0.2) is 0 Å². The summed E-state index contributed by atoms with van der Waals surface area (Å²) in [5.74, 6) is 0.0637. The molecule has 1 aliphatic rings. The van der Waals surface area contributed by atoms with E-state index in [0.29, 0.717) is 31.5 Å². The SMILES string of the molecule is CCN(C[C@@H](CCO)C1=CCC(Cl)(Cl)C=C1)C(=O)c1ccccc1. The van der Waals surface area contributed by atoms with E-state index in [2.05, 4.69) is 0 Å². The topological polar surface area (TPSA) is 40.5 Å². The predicted molar refractivity (Wildman–Crippen MR) is 99.5 cm³/mol. The first-order chi connectivity index (χ1) is 11.5. The van der Waals surface area contributed by atoms with Crippen molar-refractivity contribution in [1.29, 1.82) is 0 Å². The second kappa shape index (κ2) is 8.70. The molecule has 0 aliphatic heterocycles. The van der Waals surface area contributed by atoms with E-state index in [1.807, 2.05) is 54.3 Å². The average Bonchev–Trinajstić information content (AvgIpc) is 2.59. The summed E-state index contributed by atoms with van der Waals surface area (Å²) in [5, 5.41) is 9.40. The highest BCUT2D eigenvalue weighted by atomic mass is 35.5. The number of allylic oxidation sites excluding steroid dienone is 3. The van der Waals surface area contributed by atoms with Crippen LogP contribution in [0.25, 0.3) is 0 Å². The van der Waals surface area contributed by atoms with Gasteiger partial charge in [0.05, 0.1) is 0 Å². The first-order valence-electron chi connectivity index (χ1n) is 8.19. The Labute approximate surface area is 153 Å². The zero-order valence-electron chi connectivity index (χ0n) is 13.8. The molecule has 1 N–H and O–H groups in total. The van der Waals surface area contributed by atoms with Crippen LogP contribution in [-0.4, -0.2) is 39.9 Å². The number of alkyl halides is 2. The highest BCUT2D eigenvalue weighted by Crippen LogP contribution is 2.34. The summed E-state index contributed by atoms with van der Waals surface area (Å²) in [4.78, 5) is 14.5. The first kappa shape index (κ1) is 19.0. The number of halogens is 2. The fraction of sp³-hybridized carbons (Fsp3) is 0.421. The van der Waals surface area contributed by atoms with Crippen LogP contribution in [0.4, 0.5) is 0 Å². The number of hydrogen-bond acceptors (Lipinski definition) is 2. The second-order valence-corrected chi connectivity index (χ2v) is 7.46. The molecule has 1 amide bonds. The summed E-state index contributed by atoms with van der Waals surface area (Å²) >= 11 is 12.2. The van der Waals surface area contributed by atoms with Gasteiger partial charge >= 0.3 is 0 Å². The van der Waals surface area contributed by atoms with Gasteiger partial charge in [-0.05, 0) is 37.1 Å². The van der Waals surface area contributed by atoms with Crippen molar-refractivity contribution in [3.8, 4) is 0 Å². The van der Waals surface area contributed by atoms with E-state index in [1.54, 1.807) is 6.08 Å². The van der Waals surface area contributed by atoms with Gasteiger partial charge in [-0.1, -0.05) is 53.6 Å². The maximum atomic E-state index is 12.7. The monoisotopic (exact) mass is 367 g/mol. The third-order valence-electron chi connectivity index (χ3n) is 4.21. The van der Waals surface area contributed by atoms with Gasteiger partial charge in [-0.25, -0.2) is 0 Å². The number of aliphatic hydroxyl groups excluding tert-OH is 1. The van der Waals surface area contributed by atoms with Crippen LogP contribution in [0, 0.1) is 5.92 Å². The van der Waals surface area contributed by atoms with E-state index in [-0.39, 0.29) is 18.4 Å². The van der Waals surface area contributed by atoms with Crippen LogP contribution in [0.1, 0.15) is 30.1 Å². The van der Waals surface area contributed by atoms with Gasteiger partial charge in [0, 0.05) is 37.6 Å². The molecular weight excluding hydrogens is 345 g/mol. The van der Waals surface area contributed by atoms with Gasteiger partial charge in [0.2, 0.25) is 0 Å². The number of benzene rings is 1. The summed E-state index contributed by atoms with van der Waals surface area (Å²) in [5.41, 5.74) is 1.75. The number of rotatable bonds is 7. The van der Waals surface area contributed by atoms with Crippen LogP contribution in [0.15, 0.2) is 54.1 Å². The van der Waals surface area contributed by atoms with Gasteiger partial charge in [-0.2, -0.15) is 0 Å². The molecule has 1 aromatic carbocycles. The lowest BCUT2D eigenvalue weighted by Gasteiger charge is -2.29. The van der Waals surface area contributed by atoms with E-state index in [9.17, 15) is 9.90 Å². The number of nitrogens with zero attached hydrogens (tertiary/aromatic N) is 1. The molecule has 0 spiro atoms. The Bertz CT molecular complexity index is 611. The molecule has 0 radical (unpaired) electrons. The zero-order chi connectivity index (χ0) is 17.6. The highest BCUT2D eigenvalue weighted by Gasteiger charge is 2.26. The number of carbonyl (C=O) groups excluding carboxylic acids is 1. The molecule has 0 fully saturated rings. The Morgan fingerprint density at radius 3 is 2.58 bits per heavy atom. The minimum absolute atomic E-state index is 0.00506. The average molecular weight is 368 g/mol. The Kier molecular flexibility index (Phi) is 6.90. The largest absolute Gasteiger partial charge is 0.396 e. The molecule has 0 saturated heterocycles. The van der Waals surface area contributed by atoms with Gasteiger partial charge in [-0.15, -0.1) is 0 Å². The predicted octanol–water partition coefficient (Wildman–Crippen LogP) is 4.21. The van der Waals surface area contributed by atoms with Gasteiger partial charge in [0.25, 0.3) is 5.91 Å². The molecule has 0 aromatic heterocycles. The minimum atomic E-state index is -0.864. The van der Waals surface area contributed by atoms with Crippen molar-refractivity contribution in [3.63, 3.8) is 0 Å². The van der Waals surface area contributed by atoms with E-state index < -0.39 is 4.33 Å². The lowest BCUT2D eigenvalue weighted by atomic mass is 9.90. The van der Waals surface area contributed by atoms with Gasteiger partial charge in [-0.3, -0.25) is 4.79 Å². The van der Waals surface area contributed by atoms with Gasteiger partial charge in [0.1, 0.15) is 4.33 Å². The highest BCUT2D eigenvalue weighted by molar-refractivity contribution is 6.50. The third kappa shape index (κ3) is 5.10. The summed E-state index contributed by atoms with van der Waals surface area (Å²) in [6, 6.07) is 9.25. The molecule has 5 heteroatoms. The number of carbonyl (C=O) groups is 1. The van der Waals surface area contributed by atoms with Crippen LogP contribution in [-0.2, 0) is 0 Å². The molecule has 1 atom stereocenters. The van der Waals surface area contributed by atoms with Crippen molar-refractivity contribution < 1.29 is 9.90 Å². The van der Waals surface area contributed by atoms with Crippen molar-refractivity contribution in [2.75, 3.05) is 19.7 Å². The normalized spacial score (nSPS) is 17.2. The van der Waals surface area contributed by atoms with E-state index in [1.165, 1.54) is 0 Å². The summed E-state index contributed by atoms with van der Waals surface area (Å²) in [6.07, 6.45) is 6.80. The molecule has 0 unspecified atom stereocenters. The quantitative estimate of drug-likeness (QED) is 0.733. The number of amides is 1. The van der Waals surface area contributed by atoms with E-state index in [0.717, 1.165) is 5.57 Å². The molecule has 0 saturated carbocycles. The number of aliphatic hydroxyl groups is 1. The standard InChI is InChI=1S/C19H23Cl2NO2/c1-2-22(18(24)16-6-4-3-5-7-16)14-17(10-13-23)15-8-11-19(20,21)12-9-15/h3-9,11,17,23H,2,10,12-14H2,1H3/t17-/m1/s1. The Balaban J connectivity index is 2.12. The molecule has 1 aromatic rings. The summed E-state index contributed by atoms with van der Waals surface area (Å²) < 4.78 is -0.864. The van der Waals surface area contributed by atoms with Crippen molar-refractivity contribution >= 4 is 29.1 Å². The number of hydrogen-bond donors (Lipinski definition) is 1. The lowest BCUT2D eigenvalue weighted by Crippen LogP contribution is -2.36. The molecule has 1 aliphatic carbocycles. The van der Waals surface area contributed by atoms with Crippen LogP contribution in [0.2, 0.25) is 0 Å². The molecule has 130 valence electrons. The van der Waals surface area contributed by atoms with Crippen molar-refractivity contribution in [3.05, 3.63) is 59.7 Å². The van der Waals surface area contributed by atoms with Crippen LogP contribution >= 0.6 is 23.2 Å². The van der Waals surface area contributed by atoms with Crippen molar-refractivity contribution in [2.45, 2.75) is 24.1 Å². The second-order valence-electron chi connectivity index (χ2n) is 5.92. The Hall–Kier alpha value is -1.29. The first-order valence-corrected chi connectivity index (χ1v) is 8.94. The van der Waals surface area contributed by atoms with E-state index in [4.69, 9.17) is 23.2 Å². The van der Waals surface area contributed by atoms with Crippen LogP contribution in [0.5, 0.6) is 0 Å².